The number of carbonyl (C=O) groups is 3. The van der Waals surface area contributed by atoms with Crippen LogP contribution in [0.2, 0.25) is 0 Å². The van der Waals surface area contributed by atoms with E-state index in [1.54, 1.807) is 61.7 Å². The van der Waals surface area contributed by atoms with E-state index in [1.807, 2.05) is 0 Å². The number of halogens is 1. The van der Waals surface area contributed by atoms with Crippen LogP contribution in [0.25, 0.3) is 0 Å². The molecule has 3 aromatic rings. The quantitative estimate of drug-likeness (QED) is 0.392. The molecule has 4 amide bonds. The number of rotatable bonds is 6. The predicted octanol–water partition coefficient (Wildman–Crippen LogP) is 3.82. The van der Waals surface area contributed by atoms with Crippen LogP contribution in [0.3, 0.4) is 0 Å². The Balaban J connectivity index is 1.51. The number of benzene rings is 2. The summed E-state index contributed by atoms with van der Waals surface area (Å²) in [5, 5.41) is 8.19. The van der Waals surface area contributed by atoms with E-state index in [0.717, 1.165) is 5.56 Å². The minimum atomic E-state index is -1.22. The van der Waals surface area contributed by atoms with Gasteiger partial charge in [-0.2, -0.15) is 0 Å². The van der Waals surface area contributed by atoms with Crippen molar-refractivity contribution in [3.8, 4) is 0 Å². The lowest BCUT2D eigenvalue weighted by Gasteiger charge is -2.21. The average molecular weight is 450 g/mol. The summed E-state index contributed by atoms with van der Waals surface area (Å²) >= 11 is 1.37. The zero-order valence-corrected chi connectivity index (χ0v) is 17.8. The van der Waals surface area contributed by atoms with Crippen molar-refractivity contribution in [2.45, 2.75) is 23.2 Å². The van der Waals surface area contributed by atoms with Gasteiger partial charge in [0.2, 0.25) is 0 Å². The molecule has 1 fully saturated rings. The maximum atomic E-state index is 13.1. The molecule has 162 valence electrons. The SMILES string of the molecule is CC1(c2cccc(NC(=O)c3cccnc3SCc3ccc(F)cc3)c2)NC(=O)NC1=O. The molecule has 32 heavy (non-hydrogen) atoms. The van der Waals surface area contributed by atoms with Crippen molar-refractivity contribution >= 4 is 35.3 Å². The molecule has 1 aliphatic rings. The fraction of sp³-hybridized carbons (Fsp3) is 0.130. The van der Waals surface area contributed by atoms with Crippen molar-refractivity contribution in [3.05, 3.63) is 89.4 Å². The summed E-state index contributed by atoms with van der Waals surface area (Å²) in [7, 11) is 0. The van der Waals surface area contributed by atoms with E-state index >= 15 is 0 Å². The Labute approximate surface area is 187 Å². The molecule has 1 aromatic heterocycles. The fourth-order valence-electron chi connectivity index (χ4n) is 3.26. The lowest BCUT2D eigenvalue weighted by Crippen LogP contribution is -2.40. The third-order valence-corrected chi connectivity index (χ3v) is 6.12. The van der Waals surface area contributed by atoms with Gasteiger partial charge in [0.25, 0.3) is 11.8 Å². The minimum absolute atomic E-state index is 0.303. The Morgan fingerprint density at radius 3 is 2.62 bits per heavy atom. The Hall–Kier alpha value is -3.72. The second-order valence-corrected chi connectivity index (χ2v) is 8.30. The number of carbonyl (C=O) groups excluding carboxylic acids is 3. The maximum Gasteiger partial charge on any atom is 0.322 e. The highest BCUT2D eigenvalue weighted by atomic mass is 32.2. The van der Waals surface area contributed by atoms with Crippen LogP contribution in [-0.2, 0) is 16.1 Å². The van der Waals surface area contributed by atoms with Gasteiger partial charge >= 0.3 is 6.03 Å². The Kier molecular flexibility index (Phi) is 5.91. The number of hydrogen-bond acceptors (Lipinski definition) is 5. The molecule has 7 nitrogen and oxygen atoms in total. The molecule has 0 bridgehead atoms. The fourth-order valence-corrected chi connectivity index (χ4v) is 4.21. The average Bonchev–Trinajstić information content (AvgIpc) is 3.06. The smallest absolute Gasteiger partial charge is 0.322 e. The van der Waals surface area contributed by atoms with E-state index in [4.69, 9.17) is 0 Å². The molecule has 1 aliphatic heterocycles. The van der Waals surface area contributed by atoms with E-state index in [2.05, 4.69) is 20.9 Å². The van der Waals surface area contributed by atoms with Gasteiger partial charge in [0, 0.05) is 17.6 Å². The molecule has 4 rings (SSSR count). The monoisotopic (exact) mass is 450 g/mol. The third-order valence-electron chi connectivity index (χ3n) is 5.05. The first kappa shape index (κ1) is 21.5. The lowest BCUT2D eigenvalue weighted by molar-refractivity contribution is -0.123. The Morgan fingerprint density at radius 2 is 1.91 bits per heavy atom. The highest BCUT2D eigenvalue weighted by Crippen LogP contribution is 2.28. The summed E-state index contributed by atoms with van der Waals surface area (Å²) in [5.41, 5.74) is 1.09. The first-order chi connectivity index (χ1) is 15.3. The predicted molar refractivity (Wildman–Crippen MR) is 119 cm³/mol. The molecule has 1 saturated heterocycles. The Bertz CT molecular complexity index is 1200. The van der Waals surface area contributed by atoms with Gasteiger partial charge < -0.3 is 10.6 Å². The van der Waals surface area contributed by atoms with Crippen LogP contribution in [-0.4, -0.2) is 22.8 Å². The number of imide groups is 1. The lowest BCUT2D eigenvalue weighted by atomic mass is 9.92. The molecular formula is C23H19FN4O3S. The van der Waals surface area contributed by atoms with Gasteiger partial charge in [0.05, 0.1) is 5.56 Å². The molecule has 1 unspecified atom stereocenters. The van der Waals surface area contributed by atoms with E-state index in [1.165, 1.54) is 23.9 Å². The molecule has 3 N–H and O–H groups in total. The minimum Gasteiger partial charge on any atom is -0.322 e. The number of amides is 4. The number of nitrogens with one attached hydrogen (secondary N) is 3. The zero-order valence-electron chi connectivity index (χ0n) is 17.0. The molecule has 0 spiro atoms. The molecular weight excluding hydrogens is 431 g/mol. The third kappa shape index (κ3) is 4.47. The molecule has 9 heteroatoms. The highest BCUT2D eigenvalue weighted by molar-refractivity contribution is 7.98. The second-order valence-electron chi connectivity index (χ2n) is 7.34. The van der Waals surface area contributed by atoms with Crippen molar-refractivity contribution in [2.24, 2.45) is 0 Å². The van der Waals surface area contributed by atoms with Gasteiger partial charge in [-0.3, -0.25) is 14.9 Å². The van der Waals surface area contributed by atoms with Crippen LogP contribution in [0, 0.1) is 5.82 Å². The first-order valence-corrected chi connectivity index (χ1v) is 10.7. The van der Waals surface area contributed by atoms with Gasteiger partial charge in [0.1, 0.15) is 16.4 Å². The number of hydrogen-bond donors (Lipinski definition) is 3. The second kappa shape index (κ2) is 8.80. The summed E-state index contributed by atoms with van der Waals surface area (Å²) in [5.74, 6) is -0.595. The molecule has 1 atom stereocenters. The molecule has 0 aliphatic carbocycles. The largest absolute Gasteiger partial charge is 0.322 e. The number of pyridine rings is 1. The highest BCUT2D eigenvalue weighted by Gasteiger charge is 2.43. The van der Waals surface area contributed by atoms with Crippen molar-refractivity contribution < 1.29 is 18.8 Å². The maximum absolute atomic E-state index is 13.1. The van der Waals surface area contributed by atoms with Crippen molar-refractivity contribution in [1.82, 2.24) is 15.6 Å². The van der Waals surface area contributed by atoms with Crippen LogP contribution in [0.1, 0.15) is 28.4 Å². The van der Waals surface area contributed by atoms with Crippen molar-refractivity contribution in [3.63, 3.8) is 0 Å². The number of anilines is 1. The van der Waals surface area contributed by atoms with Crippen molar-refractivity contribution in [1.29, 1.82) is 0 Å². The van der Waals surface area contributed by atoms with Crippen LogP contribution in [0.15, 0.2) is 71.9 Å². The van der Waals surface area contributed by atoms with Gasteiger partial charge in [0.15, 0.2) is 0 Å². The van der Waals surface area contributed by atoms with Gasteiger partial charge in [-0.15, -0.1) is 11.8 Å². The van der Waals surface area contributed by atoms with Gasteiger partial charge in [-0.05, 0) is 54.4 Å². The van der Waals surface area contributed by atoms with Crippen LogP contribution in [0.4, 0.5) is 14.9 Å². The normalized spacial score (nSPS) is 17.6. The molecule has 0 saturated carbocycles. The van der Waals surface area contributed by atoms with Gasteiger partial charge in [-0.1, -0.05) is 24.3 Å². The van der Waals surface area contributed by atoms with Crippen LogP contribution in [0.5, 0.6) is 0 Å². The van der Waals surface area contributed by atoms with E-state index in [9.17, 15) is 18.8 Å². The van der Waals surface area contributed by atoms with Crippen molar-refractivity contribution in [2.75, 3.05) is 5.32 Å². The topological polar surface area (TPSA) is 100 Å². The number of nitrogens with zero attached hydrogens (tertiary/aromatic N) is 1. The zero-order chi connectivity index (χ0) is 22.7. The van der Waals surface area contributed by atoms with E-state index < -0.39 is 17.5 Å². The number of thioether (sulfide) groups is 1. The first-order valence-electron chi connectivity index (χ1n) is 9.73. The van der Waals surface area contributed by atoms with Gasteiger partial charge in [-0.25, -0.2) is 14.2 Å². The summed E-state index contributed by atoms with van der Waals surface area (Å²) < 4.78 is 13.1. The van der Waals surface area contributed by atoms with E-state index in [0.29, 0.717) is 27.6 Å². The summed E-state index contributed by atoms with van der Waals surface area (Å²) in [6.07, 6.45) is 1.60. The van der Waals surface area contributed by atoms with Crippen LogP contribution < -0.4 is 16.0 Å². The van der Waals surface area contributed by atoms with E-state index in [-0.39, 0.29) is 11.7 Å². The standard InChI is InChI=1S/C23H19FN4O3S/c1-23(21(30)27-22(31)28-23)15-4-2-5-17(12-15)26-19(29)18-6-3-11-25-20(18)32-13-14-7-9-16(24)10-8-14/h2-12H,13H2,1H3,(H,26,29)(H2,27,28,30,31). The van der Waals surface area contributed by atoms with Crippen LogP contribution >= 0.6 is 11.8 Å². The molecule has 2 heterocycles. The summed E-state index contributed by atoms with van der Waals surface area (Å²) in [6, 6.07) is 15.7. The Morgan fingerprint density at radius 1 is 1.12 bits per heavy atom. The number of urea groups is 1. The molecule has 0 radical (unpaired) electrons. The summed E-state index contributed by atoms with van der Waals surface area (Å²) in [4.78, 5) is 41.0. The molecule has 2 aromatic carbocycles. The summed E-state index contributed by atoms with van der Waals surface area (Å²) in [6.45, 7) is 1.60. The number of aromatic nitrogens is 1.